The molecule has 2 N–H and O–H groups in total. The third-order valence-electron chi connectivity index (χ3n) is 9.11. The van der Waals surface area contributed by atoms with Crippen LogP contribution in [0.5, 0.6) is 23.0 Å². The number of carbonyl (C=O) groups is 1. The van der Waals surface area contributed by atoms with Crippen molar-refractivity contribution in [2.45, 2.75) is 44.1 Å². The summed E-state index contributed by atoms with van der Waals surface area (Å²) in [5, 5.41) is 11.7. The average molecular weight is 572 g/mol. The second kappa shape index (κ2) is 10.2. The van der Waals surface area contributed by atoms with E-state index in [1.807, 2.05) is 0 Å². The number of fused-ring (bicyclic) bond motifs is 1. The Hall–Kier alpha value is -4.34. The number of methoxy groups -OCH3 is 2. The van der Waals surface area contributed by atoms with Gasteiger partial charge in [0.2, 0.25) is 0 Å². The summed E-state index contributed by atoms with van der Waals surface area (Å²) in [6.07, 6.45) is 10.4. The first kappa shape index (κ1) is 26.6. The third-order valence-corrected chi connectivity index (χ3v) is 9.11. The Morgan fingerprint density at radius 2 is 1.64 bits per heavy atom. The Bertz CT molecular complexity index is 1650. The Morgan fingerprint density at radius 3 is 2.31 bits per heavy atom. The zero-order valence-corrected chi connectivity index (χ0v) is 23.9. The first-order chi connectivity index (χ1) is 20.3. The summed E-state index contributed by atoms with van der Waals surface area (Å²) in [5.74, 6) is 3.38. The minimum absolute atomic E-state index is 0.0450. The molecule has 1 amide bonds. The molecule has 0 aliphatic heterocycles. The van der Waals surface area contributed by atoms with Crippen LogP contribution in [0.25, 0.3) is 10.9 Å². The number of nitrogens with zero attached hydrogens (tertiary/aromatic N) is 3. The summed E-state index contributed by atoms with van der Waals surface area (Å²) >= 11 is 0. The normalized spacial score (nSPS) is 24.0. The van der Waals surface area contributed by atoms with Crippen LogP contribution in [-0.4, -0.2) is 40.4 Å². The molecule has 218 valence electrons. The molecule has 0 spiro atoms. The van der Waals surface area contributed by atoms with E-state index in [1.54, 1.807) is 68.7 Å². The summed E-state index contributed by atoms with van der Waals surface area (Å²) in [5.41, 5.74) is 1.41. The predicted molar refractivity (Wildman–Crippen MR) is 156 cm³/mol. The van der Waals surface area contributed by atoms with Crippen molar-refractivity contribution in [3.8, 4) is 23.0 Å². The fraction of sp³-hybridized carbons (Fsp3) is 0.406. The van der Waals surface area contributed by atoms with Crippen LogP contribution in [0.1, 0.15) is 48.9 Å². The summed E-state index contributed by atoms with van der Waals surface area (Å²) in [6.45, 7) is 0. The van der Waals surface area contributed by atoms with Gasteiger partial charge in [-0.3, -0.25) is 14.5 Å². The topological polar surface area (TPSA) is 99.5 Å². The second-order valence-electron chi connectivity index (χ2n) is 12.1. The number of hydrogen-bond acceptors (Lipinski definition) is 7. The minimum Gasteiger partial charge on any atom is -0.493 e. The number of nitrogens with one attached hydrogen (secondary N) is 2. The lowest BCUT2D eigenvalue weighted by Gasteiger charge is -2.56. The molecule has 10 heteroatoms. The number of carbonyl (C=O) groups excluding carboxylic acids is 1. The number of aromatic nitrogens is 3. The van der Waals surface area contributed by atoms with Gasteiger partial charge in [0.1, 0.15) is 11.3 Å². The zero-order valence-electron chi connectivity index (χ0n) is 23.9. The standard InChI is InChI=1S/C32H34FN5O4/c1-38-17-23(31(39)36-32-14-18-8-19(15-32)10-20(9-18)16-32)30(37-38)35-21-4-5-27(24(33)11-21)42-26-6-7-34-25-13-29(41-3)28(40-2)12-22(25)26/h4-7,11-13,17-20H,8-10,14-16H2,1-3H3,(H,35,37)(H,36,39). The van der Waals surface area contributed by atoms with Crippen molar-refractivity contribution in [1.82, 2.24) is 20.1 Å². The van der Waals surface area contributed by atoms with Crippen molar-refractivity contribution in [2.24, 2.45) is 24.8 Å². The van der Waals surface area contributed by atoms with E-state index in [-0.39, 0.29) is 17.2 Å². The number of anilines is 2. The monoisotopic (exact) mass is 571 g/mol. The van der Waals surface area contributed by atoms with Gasteiger partial charge >= 0.3 is 0 Å². The van der Waals surface area contributed by atoms with Crippen LogP contribution in [0, 0.1) is 23.6 Å². The number of amides is 1. The first-order valence-corrected chi connectivity index (χ1v) is 14.4. The SMILES string of the molecule is COc1cc2nccc(Oc3ccc(Nc4nn(C)cc4C(=O)NC45CC6CC(CC(C6)C4)C5)cc3F)c2cc1OC. The van der Waals surface area contributed by atoms with Crippen LogP contribution in [0.3, 0.4) is 0 Å². The van der Waals surface area contributed by atoms with Gasteiger partial charge < -0.3 is 24.8 Å². The van der Waals surface area contributed by atoms with Crippen LogP contribution in [0.15, 0.2) is 48.8 Å². The van der Waals surface area contributed by atoms with Gasteiger partial charge in [-0.25, -0.2) is 4.39 Å². The largest absolute Gasteiger partial charge is 0.493 e. The minimum atomic E-state index is -0.569. The fourth-order valence-electron chi connectivity index (χ4n) is 7.77. The highest BCUT2D eigenvalue weighted by atomic mass is 19.1. The molecule has 4 saturated carbocycles. The molecule has 0 radical (unpaired) electrons. The molecule has 4 aliphatic rings. The number of aryl methyl sites for hydroxylation is 1. The molecule has 8 rings (SSSR count). The molecule has 2 aromatic carbocycles. The highest BCUT2D eigenvalue weighted by Gasteiger charge is 2.51. The predicted octanol–water partition coefficient (Wildman–Crippen LogP) is 6.36. The molecule has 42 heavy (non-hydrogen) atoms. The van der Waals surface area contributed by atoms with E-state index < -0.39 is 5.82 Å². The van der Waals surface area contributed by atoms with Gasteiger partial charge in [0.15, 0.2) is 28.9 Å². The first-order valence-electron chi connectivity index (χ1n) is 14.4. The van der Waals surface area contributed by atoms with Crippen LogP contribution in [0.4, 0.5) is 15.9 Å². The van der Waals surface area contributed by atoms with E-state index in [4.69, 9.17) is 14.2 Å². The molecule has 0 atom stereocenters. The molecule has 9 nitrogen and oxygen atoms in total. The number of rotatable bonds is 8. The van der Waals surface area contributed by atoms with E-state index in [9.17, 15) is 4.79 Å². The average Bonchev–Trinajstić information content (AvgIpc) is 3.32. The maximum absolute atomic E-state index is 15.3. The van der Waals surface area contributed by atoms with Crippen LogP contribution < -0.4 is 24.8 Å². The molecular weight excluding hydrogens is 537 g/mol. The maximum atomic E-state index is 15.3. The number of ether oxygens (including phenoxy) is 3. The summed E-state index contributed by atoms with van der Waals surface area (Å²) in [4.78, 5) is 17.9. The van der Waals surface area contributed by atoms with Gasteiger partial charge in [-0.15, -0.1) is 0 Å². The van der Waals surface area contributed by atoms with Gasteiger partial charge in [-0.2, -0.15) is 5.10 Å². The highest BCUT2D eigenvalue weighted by molar-refractivity contribution is 5.99. The van der Waals surface area contributed by atoms with E-state index >= 15 is 4.39 Å². The molecular formula is C32H34FN5O4. The van der Waals surface area contributed by atoms with Gasteiger partial charge in [0, 0.05) is 48.2 Å². The highest BCUT2D eigenvalue weighted by Crippen LogP contribution is 2.55. The smallest absolute Gasteiger partial charge is 0.257 e. The number of hydrogen-bond donors (Lipinski definition) is 2. The lowest BCUT2D eigenvalue weighted by atomic mass is 9.53. The number of pyridine rings is 1. The molecule has 4 bridgehead atoms. The summed E-state index contributed by atoms with van der Waals surface area (Å²) < 4.78 is 33.7. The lowest BCUT2D eigenvalue weighted by Crippen LogP contribution is -2.59. The molecule has 0 saturated heterocycles. The molecule has 4 fully saturated rings. The Balaban J connectivity index is 1.10. The van der Waals surface area contributed by atoms with Gasteiger partial charge in [0.25, 0.3) is 5.91 Å². The van der Waals surface area contributed by atoms with E-state index in [2.05, 4.69) is 20.7 Å². The van der Waals surface area contributed by atoms with Crippen molar-refractivity contribution >= 4 is 28.3 Å². The Labute approximate surface area is 243 Å². The molecule has 0 unspecified atom stereocenters. The van der Waals surface area contributed by atoms with Gasteiger partial charge in [0.05, 0.1) is 19.7 Å². The van der Waals surface area contributed by atoms with Crippen LogP contribution >= 0.6 is 0 Å². The molecule has 2 aromatic heterocycles. The summed E-state index contributed by atoms with van der Waals surface area (Å²) in [6, 6.07) is 9.74. The summed E-state index contributed by atoms with van der Waals surface area (Å²) in [7, 11) is 4.87. The third kappa shape index (κ3) is 4.78. The van der Waals surface area contributed by atoms with Gasteiger partial charge in [-0.05, 0) is 80.5 Å². The Morgan fingerprint density at radius 1 is 0.952 bits per heavy atom. The van der Waals surface area contributed by atoms with Crippen molar-refractivity contribution in [1.29, 1.82) is 0 Å². The van der Waals surface area contributed by atoms with E-state index in [0.29, 0.717) is 45.2 Å². The molecule has 2 heterocycles. The van der Waals surface area contributed by atoms with Crippen molar-refractivity contribution in [3.05, 3.63) is 60.2 Å². The molecule has 4 aromatic rings. The van der Waals surface area contributed by atoms with Crippen molar-refractivity contribution < 1.29 is 23.4 Å². The van der Waals surface area contributed by atoms with Crippen LogP contribution in [0.2, 0.25) is 0 Å². The molecule has 4 aliphatic carbocycles. The quantitative estimate of drug-likeness (QED) is 0.254. The number of benzene rings is 2. The van der Waals surface area contributed by atoms with Crippen molar-refractivity contribution in [2.75, 3.05) is 19.5 Å². The lowest BCUT2D eigenvalue weighted by molar-refractivity contribution is -0.0166. The van der Waals surface area contributed by atoms with E-state index in [0.717, 1.165) is 37.0 Å². The maximum Gasteiger partial charge on any atom is 0.257 e. The zero-order chi connectivity index (χ0) is 29.0. The Kier molecular flexibility index (Phi) is 6.44. The van der Waals surface area contributed by atoms with Gasteiger partial charge in [-0.1, -0.05) is 0 Å². The number of halogens is 1. The van der Waals surface area contributed by atoms with E-state index in [1.165, 1.54) is 25.3 Å². The van der Waals surface area contributed by atoms with Crippen molar-refractivity contribution in [3.63, 3.8) is 0 Å². The second-order valence-corrected chi connectivity index (χ2v) is 12.1. The van der Waals surface area contributed by atoms with Crippen LogP contribution in [-0.2, 0) is 7.05 Å². The fourth-order valence-corrected chi connectivity index (χ4v) is 7.77.